The number of aromatic amines is 1. The number of nitrogens with zero attached hydrogens (tertiary/aromatic N) is 1. The van der Waals surface area contributed by atoms with E-state index in [9.17, 15) is 4.79 Å². The molecule has 0 saturated heterocycles. The first kappa shape index (κ1) is 23.2. The molecule has 35 heavy (non-hydrogen) atoms. The van der Waals surface area contributed by atoms with E-state index in [-0.39, 0.29) is 5.56 Å². The Bertz CT molecular complexity index is 1420. The van der Waals surface area contributed by atoms with Gasteiger partial charge in [-0.1, -0.05) is 48.0 Å². The zero-order chi connectivity index (χ0) is 24.2. The number of hydrogen-bond donors (Lipinski definition) is 2. The number of anilines is 1. The first-order valence-electron chi connectivity index (χ1n) is 11.4. The minimum absolute atomic E-state index is 0.163. The molecule has 0 bridgehead atoms. The van der Waals surface area contributed by atoms with Gasteiger partial charge in [0.25, 0.3) is 5.56 Å². The van der Waals surface area contributed by atoms with Crippen molar-refractivity contribution in [2.45, 2.75) is 13.0 Å². The number of hydrogen-bond acceptors (Lipinski definition) is 4. The molecule has 0 radical (unpaired) electrons. The first-order chi connectivity index (χ1) is 17.0. The Hall–Kier alpha value is -3.55. The molecule has 0 atom stereocenters. The SMILES string of the molecule is O=c1[nH]c2cc3c(cc2cc1CN(CCc1ccccc1)C(=S)Nc1cccc(Cl)c1)OCCO3. The van der Waals surface area contributed by atoms with E-state index >= 15 is 0 Å². The lowest BCUT2D eigenvalue weighted by molar-refractivity contribution is 0.172. The molecule has 5 rings (SSSR count). The van der Waals surface area contributed by atoms with Gasteiger partial charge in [-0.05, 0) is 54.5 Å². The van der Waals surface area contributed by atoms with Gasteiger partial charge in [0.1, 0.15) is 13.2 Å². The molecule has 1 aromatic heterocycles. The predicted molar refractivity (Wildman–Crippen MR) is 144 cm³/mol. The standard InChI is InChI=1S/C27H24ClN3O3S/c28-21-7-4-8-22(15-21)29-27(35)31(10-9-18-5-2-1-3-6-18)17-20-13-19-14-24-25(34-12-11-33-24)16-23(19)30-26(20)32/h1-8,13-16H,9-12,17H2,(H,29,35)(H,30,32). The molecule has 2 N–H and O–H groups in total. The molecule has 0 unspecified atom stereocenters. The van der Waals surface area contributed by atoms with Gasteiger partial charge in [0, 0.05) is 34.3 Å². The number of fused-ring (bicyclic) bond motifs is 2. The largest absolute Gasteiger partial charge is 0.486 e. The van der Waals surface area contributed by atoms with Crippen molar-refractivity contribution < 1.29 is 9.47 Å². The third kappa shape index (κ3) is 5.58. The first-order valence-corrected chi connectivity index (χ1v) is 12.1. The van der Waals surface area contributed by atoms with Crippen LogP contribution in [0.15, 0.2) is 77.6 Å². The molecule has 0 fully saturated rings. The van der Waals surface area contributed by atoms with Crippen LogP contribution in [0.1, 0.15) is 11.1 Å². The highest BCUT2D eigenvalue weighted by molar-refractivity contribution is 7.80. The second kappa shape index (κ2) is 10.4. The lowest BCUT2D eigenvalue weighted by atomic mass is 10.1. The highest BCUT2D eigenvalue weighted by Gasteiger charge is 2.17. The summed E-state index contributed by atoms with van der Waals surface area (Å²) in [6, 6.07) is 23.2. The highest BCUT2D eigenvalue weighted by Crippen LogP contribution is 2.33. The molecule has 1 aliphatic rings. The monoisotopic (exact) mass is 505 g/mol. The summed E-state index contributed by atoms with van der Waals surface area (Å²) in [5, 5.41) is 5.27. The van der Waals surface area contributed by atoms with Crippen molar-refractivity contribution >= 4 is 45.5 Å². The Morgan fingerprint density at radius 1 is 1.00 bits per heavy atom. The molecule has 1 aliphatic heterocycles. The number of benzene rings is 3. The van der Waals surface area contributed by atoms with Gasteiger partial charge in [0.2, 0.25) is 0 Å². The lowest BCUT2D eigenvalue weighted by Crippen LogP contribution is -2.37. The Morgan fingerprint density at radius 2 is 1.77 bits per heavy atom. The number of aromatic nitrogens is 1. The zero-order valence-electron chi connectivity index (χ0n) is 18.9. The van der Waals surface area contributed by atoms with Crippen LogP contribution in [-0.4, -0.2) is 34.8 Å². The lowest BCUT2D eigenvalue weighted by Gasteiger charge is -2.26. The van der Waals surface area contributed by atoms with Crippen LogP contribution in [0.5, 0.6) is 11.5 Å². The number of H-pyrrole nitrogens is 1. The molecule has 0 saturated carbocycles. The van der Waals surface area contributed by atoms with Crippen LogP contribution in [-0.2, 0) is 13.0 Å². The summed E-state index contributed by atoms with van der Waals surface area (Å²) in [5.41, 5.74) is 3.14. The van der Waals surface area contributed by atoms with Crippen LogP contribution in [0.3, 0.4) is 0 Å². The van der Waals surface area contributed by atoms with Crippen LogP contribution in [0.4, 0.5) is 5.69 Å². The number of halogens is 1. The second-order valence-corrected chi connectivity index (χ2v) is 9.13. The Kier molecular flexibility index (Phi) is 6.88. The molecule has 0 amide bonds. The molecule has 0 spiro atoms. The maximum absolute atomic E-state index is 13.0. The fraction of sp³-hybridized carbons (Fsp3) is 0.185. The fourth-order valence-electron chi connectivity index (χ4n) is 4.04. The van der Waals surface area contributed by atoms with Crippen LogP contribution in [0.25, 0.3) is 10.9 Å². The number of rotatable bonds is 6. The molecule has 3 aromatic carbocycles. The predicted octanol–water partition coefficient (Wildman–Crippen LogP) is 5.39. The van der Waals surface area contributed by atoms with Crippen molar-refractivity contribution in [2.24, 2.45) is 0 Å². The number of thiocarbonyl (C=S) groups is 1. The summed E-state index contributed by atoms with van der Waals surface area (Å²) in [7, 11) is 0. The average Bonchev–Trinajstić information content (AvgIpc) is 2.86. The van der Waals surface area contributed by atoms with Crippen molar-refractivity contribution in [1.29, 1.82) is 0 Å². The van der Waals surface area contributed by atoms with Crippen molar-refractivity contribution in [2.75, 3.05) is 25.1 Å². The molecule has 8 heteroatoms. The molecular weight excluding hydrogens is 482 g/mol. The zero-order valence-corrected chi connectivity index (χ0v) is 20.5. The van der Waals surface area contributed by atoms with Gasteiger partial charge >= 0.3 is 0 Å². The van der Waals surface area contributed by atoms with E-state index in [4.69, 9.17) is 33.3 Å². The van der Waals surface area contributed by atoms with E-state index in [0.717, 1.165) is 17.5 Å². The van der Waals surface area contributed by atoms with Crippen LogP contribution < -0.4 is 20.3 Å². The molecule has 0 aliphatic carbocycles. The second-order valence-electron chi connectivity index (χ2n) is 8.30. The minimum Gasteiger partial charge on any atom is -0.486 e. The van der Waals surface area contributed by atoms with E-state index < -0.39 is 0 Å². The van der Waals surface area contributed by atoms with Gasteiger partial charge < -0.3 is 24.7 Å². The fourth-order valence-corrected chi connectivity index (χ4v) is 4.50. The topological polar surface area (TPSA) is 66.6 Å². The molecule has 4 aromatic rings. The number of pyridine rings is 1. The highest BCUT2D eigenvalue weighted by atomic mass is 35.5. The van der Waals surface area contributed by atoms with Crippen LogP contribution in [0, 0.1) is 0 Å². The van der Waals surface area contributed by atoms with Crippen LogP contribution in [0.2, 0.25) is 5.02 Å². The van der Waals surface area contributed by atoms with Crippen LogP contribution >= 0.6 is 23.8 Å². The normalized spacial score (nSPS) is 12.4. The number of ether oxygens (including phenoxy) is 2. The van der Waals surface area contributed by atoms with E-state index in [2.05, 4.69) is 22.4 Å². The maximum Gasteiger partial charge on any atom is 0.253 e. The van der Waals surface area contributed by atoms with E-state index in [1.165, 1.54) is 5.56 Å². The van der Waals surface area contributed by atoms with Gasteiger partial charge in [-0.3, -0.25) is 4.79 Å². The summed E-state index contributed by atoms with van der Waals surface area (Å²) in [6.07, 6.45) is 0.780. The summed E-state index contributed by atoms with van der Waals surface area (Å²) in [5.74, 6) is 1.32. The van der Waals surface area contributed by atoms with E-state index in [1.54, 1.807) is 0 Å². The number of nitrogens with one attached hydrogen (secondary N) is 2. The van der Waals surface area contributed by atoms with Crippen molar-refractivity contribution in [3.05, 3.63) is 99.3 Å². The van der Waals surface area contributed by atoms with Gasteiger partial charge in [-0.25, -0.2) is 0 Å². The maximum atomic E-state index is 13.0. The van der Waals surface area contributed by atoms with Gasteiger partial charge in [0.05, 0.1) is 12.1 Å². The summed E-state index contributed by atoms with van der Waals surface area (Å²) in [6.45, 7) is 1.98. The van der Waals surface area contributed by atoms with Crippen molar-refractivity contribution in [3.63, 3.8) is 0 Å². The summed E-state index contributed by atoms with van der Waals surface area (Å²) < 4.78 is 11.4. The van der Waals surface area contributed by atoms with Gasteiger partial charge in [-0.2, -0.15) is 0 Å². The third-order valence-corrected chi connectivity index (χ3v) is 6.42. The summed E-state index contributed by atoms with van der Waals surface area (Å²) in [4.78, 5) is 18.0. The minimum atomic E-state index is -0.163. The quantitative estimate of drug-likeness (QED) is 0.342. The van der Waals surface area contributed by atoms with Crippen molar-refractivity contribution in [1.82, 2.24) is 9.88 Å². The average molecular weight is 506 g/mol. The Labute approximate surface area is 213 Å². The third-order valence-electron chi connectivity index (χ3n) is 5.82. The summed E-state index contributed by atoms with van der Waals surface area (Å²) >= 11 is 11.9. The van der Waals surface area contributed by atoms with E-state index in [0.29, 0.717) is 59.0 Å². The van der Waals surface area contributed by atoms with Crippen molar-refractivity contribution in [3.8, 4) is 11.5 Å². The molecule has 6 nitrogen and oxygen atoms in total. The van der Waals surface area contributed by atoms with Gasteiger partial charge in [0.15, 0.2) is 16.6 Å². The van der Waals surface area contributed by atoms with E-state index in [1.807, 2.05) is 65.6 Å². The molecular formula is C27H24ClN3O3S. The Balaban J connectivity index is 1.42. The Morgan fingerprint density at radius 3 is 2.54 bits per heavy atom. The smallest absolute Gasteiger partial charge is 0.253 e. The van der Waals surface area contributed by atoms with Gasteiger partial charge in [-0.15, -0.1) is 0 Å². The molecule has 2 heterocycles. The molecule has 178 valence electrons.